The minimum absolute atomic E-state index is 0.0340. The summed E-state index contributed by atoms with van der Waals surface area (Å²) in [4.78, 5) is 29.9. The van der Waals surface area contributed by atoms with Gasteiger partial charge in [0.1, 0.15) is 12.4 Å². The van der Waals surface area contributed by atoms with Crippen LogP contribution in [0.4, 0.5) is 0 Å². The van der Waals surface area contributed by atoms with Gasteiger partial charge in [-0.15, -0.1) is 0 Å². The van der Waals surface area contributed by atoms with E-state index in [-0.39, 0.29) is 18.4 Å². The van der Waals surface area contributed by atoms with Crippen LogP contribution in [0.2, 0.25) is 0 Å². The Kier molecular flexibility index (Phi) is 4.32. The van der Waals surface area contributed by atoms with Gasteiger partial charge in [-0.1, -0.05) is 19.1 Å². The summed E-state index contributed by atoms with van der Waals surface area (Å²) in [6.07, 6.45) is 1.84. The Morgan fingerprint density at radius 2 is 1.96 bits per heavy atom. The Balaban J connectivity index is 1.75. The zero-order valence-electron chi connectivity index (χ0n) is 13.2. The van der Waals surface area contributed by atoms with Crippen molar-refractivity contribution >= 4 is 22.9 Å². The van der Waals surface area contributed by atoms with E-state index in [9.17, 15) is 9.59 Å². The van der Waals surface area contributed by atoms with Gasteiger partial charge in [-0.25, -0.2) is 4.98 Å². The second-order valence-electron chi connectivity index (χ2n) is 5.95. The van der Waals surface area contributed by atoms with Gasteiger partial charge >= 0.3 is 5.97 Å². The van der Waals surface area contributed by atoms with E-state index in [1.165, 1.54) is 0 Å². The fraction of sp³-hybridized carbons (Fsp3) is 0.471. The maximum Gasteiger partial charge on any atom is 0.306 e. The zero-order chi connectivity index (χ0) is 16.4. The van der Waals surface area contributed by atoms with Crippen molar-refractivity contribution in [2.45, 2.75) is 32.7 Å². The number of carbonyl (C=O) groups is 2. The summed E-state index contributed by atoms with van der Waals surface area (Å²) in [6.45, 7) is 3.33. The normalized spacial score (nSPS) is 16.0. The van der Waals surface area contributed by atoms with Gasteiger partial charge in [0.15, 0.2) is 0 Å². The van der Waals surface area contributed by atoms with Crippen molar-refractivity contribution in [1.82, 2.24) is 14.5 Å². The van der Waals surface area contributed by atoms with Crippen molar-refractivity contribution < 1.29 is 14.7 Å². The Morgan fingerprint density at radius 3 is 2.61 bits per heavy atom. The van der Waals surface area contributed by atoms with E-state index in [0.29, 0.717) is 25.9 Å². The summed E-state index contributed by atoms with van der Waals surface area (Å²) < 4.78 is 1.97. The Labute approximate surface area is 134 Å². The Morgan fingerprint density at radius 1 is 1.26 bits per heavy atom. The van der Waals surface area contributed by atoms with E-state index in [2.05, 4.69) is 4.98 Å². The number of aliphatic carboxylic acids is 1. The molecule has 3 rings (SSSR count). The lowest BCUT2D eigenvalue weighted by Gasteiger charge is -2.30. The highest BCUT2D eigenvalue weighted by atomic mass is 16.4. The number of rotatable bonds is 4. The van der Waals surface area contributed by atoms with Gasteiger partial charge < -0.3 is 14.6 Å². The highest BCUT2D eigenvalue weighted by Gasteiger charge is 2.27. The number of para-hydroxylation sites is 2. The molecule has 1 aliphatic rings. The number of nitrogens with zero attached hydrogens (tertiary/aromatic N) is 3. The summed E-state index contributed by atoms with van der Waals surface area (Å²) in [5.41, 5.74) is 1.87. The number of likely N-dealkylation sites (tertiary alicyclic amines) is 1. The number of carboxylic acids is 1. The second-order valence-corrected chi connectivity index (χ2v) is 5.95. The monoisotopic (exact) mass is 315 g/mol. The fourth-order valence-corrected chi connectivity index (χ4v) is 3.18. The topological polar surface area (TPSA) is 75.4 Å². The first-order valence-electron chi connectivity index (χ1n) is 8.05. The predicted molar refractivity (Wildman–Crippen MR) is 86.1 cm³/mol. The molecular formula is C17H21N3O3. The van der Waals surface area contributed by atoms with Crippen molar-refractivity contribution in [2.24, 2.45) is 5.92 Å². The highest BCUT2D eigenvalue weighted by molar-refractivity contribution is 5.81. The Hall–Kier alpha value is -2.37. The van der Waals surface area contributed by atoms with Gasteiger partial charge in [-0.05, 0) is 25.0 Å². The van der Waals surface area contributed by atoms with E-state index in [1.54, 1.807) is 4.90 Å². The molecule has 2 heterocycles. The van der Waals surface area contributed by atoms with Crippen LogP contribution in [0, 0.1) is 5.92 Å². The van der Waals surface area contributed by atoms with E-state index >= 15 is 0 Å². The van der Waals surface area contributed by atoms with Crippen LogP contribution in [0.5, 0.6) is 0 Å². The quantitative estimate of drug-likeness (QED) is 0.935. The highest BCUT2D eigenvalue weighted by Crippen LogP contribution is 2.20. The summed E-state index contributed by atoms with van der Waals surface area (Å²) in [6, 6.07) is 7.82. The summed E-state index contributed by atoms with van der Waals surface area (Å²) in [5.74, 6) is -0.142. The Bertz CT molecular complexity index is 730. The van der Waals surface area contributed by atoms with Crippen LogP contribution in [-0.4, -0.2) is 44.5 Å². The molecule has 1 fully saturated rings. The van der Waals surface area contributed by atoms with E-state index in [4.69, 9.17) is 5.11 Å². The molecule has 122 valence electrons. The number of carboxylic acid groups (broad SMARTS) is 1. The fourth-order valence-electron chi connectivity index (χ4n) is 3.18. The van der Waals surface area contributed by atoms with Crippen molar-refractivity contribution in [3.05, 3.63) is 30.1 Å². The molecular weight excluding hydrogens is 294 g/mol. The molecule has 1 aromatic carbocycles. The summed E-state index contributed by atoms with van der Waals surface area (Å²) in [7, 11) is 0. The molecule has 1 amide bonds. The molecule has 1 aromatic heterocycles. The van der Waals surface area contributed by atoms with Gasteiger partial charge in [-0.3, -0.25) is 9.59 Å². The number of aryl methyl sites for hydroxylation is 1. The number of aromatic nitrogens is 2. The number of fused-ring (bicyclic) bond motifs is 1. The number of hydrogen-bond acceptors (Lipinski definition) is 3. The van der Waals surface area contributed by atoms with E-state index < -0.39 is 5.97 Å². The second kappa shape index (κ2) is 6.40. The first kappa shape index (κ1) is 15.5. The van der Waals surface area contributed by atoms with Crippen molar-refractivity contribution in [1.29, 1.82) is 0 Å². The van der Waals surface area contributed by atoms with Gasteiger partial charge in [0.25, 0.3) is 0 Å². The molecule has 2 aromatic rings. The molecule has 0 atom stereocenters. The molecule has 0 unspecified atom stereocenters. The molecule has 1 saturated heterocycles. The molecule has 0 spiro atoms. The average Bonchev–Trinajstić information content (AvgIpc) is 2.93. The van der Waals surface area contributed by atoms with E-state index in [0.717, 1.165) is 23.3 Å². The van der Waals surface area contributed by atoms with Crippen LogP contribution in [-0.2, 0) is 22.6 Å². The SMILES string of the molecule is CCc1nc2ccccc2n1CC(=O)N1CCC(C(=O)O)CC1. The van der Waals surface area contributed by atoms with Gasteiger partial charge in [0, 0.05) is 19.5 Å². The number of benzene rings is 1. The van der Waals surface area contributed by atoms with Crippen LogP contribution < -0.4 is 0 Å². The first-order chi connectivity index (χ1) is 11.1. The lowest BCUT2D eigenvalue weighted by Crippen LogP contribution is -2.41. The van der Waals surface area contributed by atoms with Crippen molar-refractivity contribution in [2.75, 3.05) is 13.1 Å². The summed E-state index contributed by atoms with van der Waals surface area (Å²) >= 11 is 0. The largest absolute Gasteiger partial charge is 0.481 e. The molecule has 1 N–H and O–H groups in total. The van der Waals surface area contributed by atoms with Crippen molar-refractivity contribution in [3.63, 3.8) is 0 Å². The lowest BCUT2D eigenvalue weighted by molar-refractivity contribution is -0.145. The number of piperidine rings is 1. The first-order valence-corrected chi connectivity index (χ1v) is 8.05. The number of amides is 1. The van der Waals surface area contributed by atoms with Gasteiger partial charge in [0.05, 0.1) is 17.0 Å². The molecule has 1 aliphatic heterocycles. The molecule has 0 bridgehead atoms. The smallest absolute Gasteiger partial charge is 0.306 e. The van der Waals surface area contributed by atoms with Gasteiger partial charge in [-0.2, -0.15) is 0 Å². The van der Waals surface area contributed by atoms with E-state index in [1.807, 2.05) is 35.8 Å². The van der Waals surface area contributed by atoms with Crippen LogP contribution in [0.15, 0.2) is 24.3 Å². The van der Waals surface area contributed by atoms with Crippen LogP contribution in [0.1, 0.15) is 25.6 Å². The minimum Gasteiger partial charge on any atom is -0.481 e. The molecule has 6 nitrogen and oxygen atoms in total. The average molecular weight is 315 g/mol. The molecule has 23 heavy (non-hydrogen) atoms. The van der Waals surface area contributed by atoms with Crippen LogP contribution in [0.25, 0.3) is 11.0 Å². The van der Waals surface area contributed by atoms with Crippen LogP contribution >= 0.6 is 0 Å². The van der Waals surface area contributed by atoms with Gasteiger partial charge in [0.2, 0.25) is 5.91 Å². The molecule has 0 aliphatic carbocycles. The number of carbonyl (C=O) groups excluding carboxylic acids is 1. The predicted octanol–water partition coefficient (Wildman–Crippen LogP) is 1.92. The maximum absolute atomic E-state index is 12.6. The number of hydrogen-bond donors (Lipinski definition) is 1. The molecule has 0 radical (unpaired) electrons. The third-order valence-electron chi connectivity index (χ3n) is 4.54. The lowest BCUT2D eigenvalue weighted by atomic mass is 9.97. The van der Waals surface area contributed by atoms with Crippen LogP contribution in [0.3, 0.4) is 0 Å². The third-order valence-corrected chi connectivity index (χ3v) is 4.54. The van der Waals surface area contributed by atoms with Crippen molar-refractivity contribution in [3.8, 4) is 0 Å². The summed E-state index contributed by atoms with van der Waals surface area (Å²) in [5, 5.41) is 9.04. The third kappa shape index (κ3) is 3.06. The number of imidazole rings is 1. The molecule has 6 heteroatoms. The molecule has 0 saturated carbocycles. The maximum atomic E-state index is 12.6. The standard InChI is InChI=1S/C17H21N3O3/c1-2-15-18-13-5-3-4-6-14(13)20(15)11-16(21)19-9-7-12(8-10-19)17(22)23/h3-6,12H,2,7-11H2,1H3,(H,22,23). The minimum atomic E-state index is -0.758. The zero-order valence-corrected chi connectivity index (χ0v) is 13.2.